The Labute approximate surface area is 110 Å². The van der Waals surface area contributed by atoms with E-state index in [0.29, 0.717) is 5.69 Å². The third kappa shape index (κ3) is 2.90. The fourth-order valence-corrected chi connectivity index (χ4v) is 2.58. The molecule has 18 heavy (non-hydrogen) atoms. The first-order chi connectivity index (χ1) is 8.70. The third-order valence-electron chi connectivity index (χ3n) is 2.70. The van der Waals surface area contributed by atoms with Gasteiger partial charge in [-0.05, 0) is 42.3 Å². The van der Waals surface area contributed by atoms with Crippen LogP contribution >= 0.6 is 0 Å². The van der Waals surface area contributed by atoms with E-state index in [9.17, 15) is 4.21 Å². The van der Waals surface area contributed by atoms with E-state index in [1.807, 2.05) is 24.3 Å². The summed E-state index contributed by atoms with van der Waals surface area (Å²) in [4.78, 5) is 0.718. The molecule has 0 fully saturated rings. The van der Waals surface area contributed by atoms with Crippen LogP contribution in [0.1, 0.15) is 12.5 Å². The van der Waals surface area contributed by atoms with Crippen LogP contribution < -0.4 is 10.5 Å². The monoisotopic (exact) mass is 260 g/mol. The molecule has 0 aromatic heterocycles. The molecule has 4 heteroatoms. The van der Waals surface area contributed by atoms with Crippen LogP contribution in [-0.4, -0.2) is 4.21 Å². The number of aryl methyl sites for hydroxylation is 1. The highest BCUT2D eigenvalue weighted by Crippen LogP contribution is 2.18. The smallest absolute Gasteiger partial charge is 0.150 e. The average molecular weight is 260 g/mol. The second-order valence-electron chi connectivity index (χ2n) is 3.95. The SMILES string of the molecule is CCc1ccccc1NS(=O)c1ccc(N)cc1. The van der Waals surface area contributed by atoms with Gasteiger partial charge in [-0.1, -0.05) is 25.1 Å². The van der Waals surface area contributed by atoms with Gasteiger partial charge in [0.1, 0.15) is 11.0 Å². The highest BCUT2D eigenvalue weighted by Gasteiger charge is 2.06. The Bertz CT molecular complexity index is 552. The van der Waals surface area contributed by atoms with Crippen LogP contribution in [0.3, 0.4) is 0 Å². The van der Waals surface area contributed by atoms with Gasteiger partial charge in [0.2, 0.25) is 0 Å². The molecule has 0 saturated carbocycles. The molecule has 3 nitrogen and oxygen atoms in total. The largest absolute Gasteiger partial charge is 0.399 e. The predicted molar refractivity (Wildman–Crippen MR) is 76.7 cm³/mol. The van der Waals surface area contributed by atoms with Crippen molar-refractivity contribution in [2.24, 2.45) is 0 Å². The van der Waals surface area contributed by atoms with E-state index >= 15 is 0 Å². The molecule has 1 atom stereocenters. The number of nitrogens with two attached hydrogens (primary N) is 1. The lowest BCUT2D eigenvalue weighted by molar-refractivity contribution is 0.686. The van der Waals surface area contributed by atoms with Crippen molar-refractivity contribution in [1.29, 1.82) is 0 Å². The number of anilines is 2. The summed E-state index contributed by atoms with van der Waals surface area (Å²) in [5.41, 5.74) is 8.34. The maximum absolute atomic E-state index is 12.2. The number of nitrogens with one attached hydrogen (secondary N) is 1. The fourth-order valence-electron chi connectivity index (χ4n) is 1.68. The van der Waals surface area contributed by atoms with Crippen LogP contribution in [-0.2, 0) is 17.4 Å². The van der Waals surface area contributed by atoms with Gasteiger partial charge in [-0.2, -0.15) is 0 Å². The van der Waals surface area contributed by atoms with Crippen LogP contribution in [0.15, 0.2) is 53.4 Å². The molecule has 94 valence electrons. The summed E-state index contributed by atoms with van der Waals surface area (Å²) < 4.78 is 15.2. The van der Waals surface area contributed by atoms with E-state index in [2.05, 4.69) is 11.6 Å². The predicted octanol–water partition coefficient (Wildman–Crippen LogP) is 2.97. The molecular weight excluding hydrogens is 244 g/mol. The Morgan fingerprint density at radius 2 is 1.78 bits per heavy atom. The first-order valence-electron chi connectivity index (χ1n) is 5.82. The minimum Gasteiger partial charge on any atom is -0.399 e. The van der Waals surface area contributed by atoms with Crippen molar-refractivity contribution >= 4 is 22.4 Å². The van der Waals surface area contributed by atoms with Crippen LogP contribution in [0.25, 0.3) is 0 Å². The lowest BCUT2D eigenvalue weighted by atomic mass is 10.1. The van der Waals surface area contributed by atoms with Gasteiger partial charge >= 0.3 is 0 Å². The van der Waals surface area contributed by atoms with E-state index in [4.69, 9.17) is 5.73 Å². The fraction of sp³-hybridized carbons (Fsp3) is 0.143. The topological polar surface area (TPSA) is 55.1 Å². The molecule has 0 radical (unpaired) electrons. The zero-order valence-corrected chi connectivity index (χ0v) is 11.0. The van der Waals surface area contributed by atoms with Crippen LogP contribution in [0.5, 0.6) is 0 Å². The van der Waals surface area contributed by atoms with Crippen molar-refractivity contribution in [3.63, 3.8) is 0 Å². The molecule has 0 bridgehead atoms. The first-order valence-corrected chi connectivity index (χ1v) is 6.97. The van der Waals surface area contributed by atoms with Crippen molar-refractivity contribution in [1.82, 2.24) is 0 Å². The Balaban J connectivity index is 2.18. The van der Waals surface area contributed by atoms with Gasteiger partial charge in [-0.3, -0.25) is 0 Å². The normalized spacial score (nSPS) is 12.1. The second kappa shape index (κ2) is 5.69. The molecule has 0 saturated heterocycles. The number of hydrogen-bond acceptors (Lipinski definition) is 2. The summed E-state index contributed by atoms with van der Waals surface area (Å²) in [6, 6.07) is 14.9. The van der Waals surface area contributed by atoms with Gasteiger partial charge in [0.15, 0.2) is 0 Å². The van der Waals surface area contributed by atoms with E-state index in [-0.39, 0.29) is 0 Å². The first kappa shape index (κ1) is 12.6. The Hall–Kier alpha value is -1.81. The van der Waals surface area contributed by atoms with Crippen LogP contribution in [0, 0.1) is 0 Å². The summed E-state index contributed by atoms with van der Waals surface area (Å²) in [7, 11) is -1.26. The number of nitrogen functional groups attached to an aromatic ring is 1. The third-order valence-corrected chi connectivity index (χ3v) is 3.80. The second-order valence-corrected chi connectivity index (χ2v) is 5.16. The van der Waals surface area contributed by atoms with Gasteiger partial charge in [0, 0.05) is 11.4 Å². The molecule has 0 aliphatic carbocycles. The van der Waals surface area contributed by atoms with Crippen molar-refractivity contribution in [3.8, 4) is 0 Å². The quantitative estimate of drug-likeness (QED) is 0.830. The number of para-hydroxylation sites is 1. The zero-order valence-electron chi connectivity index (χ0n) is 10.2. The van der Waals surface area contributed by atoms with E-state index in [0.717, 1.165) is 22.6 Å². The van der Waals surface area contributed by atoms with Crippen molar-refractivity contribution in [2.75, 3.05) is 10.5 Å². The van der Waals surface area contributed by atoms with Crippen molar-refractivity contribution in [3.05, 3.63) is 54.1 Å². The molecule has 3 N–H and O–H groups in total. The number of hydrogen-bond donors (Lipinski definition) is 2. The van der Waals surface area contributed by atoms with Gasteiger partial charge in [0.05, 0.1) is 4.90 Å². The maximum Gasteiger partial charge on any atom is 0.150 e. The van der Waals surface area contributed by atoms with Crippen LogP contribution in [0.4, 0.5) is 11.4 Å². The molecule has 1 unspecified atom stereocenters. The molecule has 0 aliphatic heterocycles. The summed E-state index contributed by atoms with van der Waals surface area (Å²) in [6.07, 6.45) is 0.905. The summed E-state index contributed by atoms with van der Waals surface area (Å²) in [6.45, 7) is 2.08. The summed E-state index contributed by atoms with van der Waals surface area (Å²) >= 11 is 0. The van der Waals surface area contributed by atoms with E-state index < -0.39 is 11.0 Å². The summed E-state index contributed by atoms with van der Waals surface area (Å²) in [5, 5.41) is 0. The van der Waals surface area contributed by atoms with Gasteiger partial charge in [-0.15, -0.1) is 0 Å². The molecule has 0 aliphatic rings. The van der Waals surface area contributed by atoms with E-state index in [1.165, 1.54) is 0 Å². The minimum absolute atomic E-state index is 0.671. The van der Waals surface area contributed by atoms with Gasteiger partial charge in [0.25, 0.3) is 0 Å². The molecular formula is C14H16N2OS. The molecule has 2 aromatic carbocycles. The lowest BCUT2D eigenvalue weighted by Crippen LogP contribution is -2.06. The van der Waals surface area contributed by atoms with Gasteiger partial charge in [-0.25, -0.2) is 4.21 Å². The maximum atomic E-state index is 12.2. The average Bonchev–Trinajstić information content (AvgIpc) is 2.40. The zero-order chi connectivity index (χ0) is 13.0. The van der Waals surface area contributed by atoms with Crippen molar-refractivity contribution < 1.29 is 4.21 Å². The summed E-state index contributed by atoms with van der Waals surface area (Å²) in [5.74, 6) is 0. The van der Waals surface area contributed by atoms with E-state index in [1.54, 1.807) is 24.3 Å². The lowest BCUT2D eigenvalue weighted by Gasteiger charge is -2.10. The van der Waals surface area contributed by atoms with Gasteiger partial charge < -0.3 is 10.5 Å². The standard InChI is InChI=1S/C14H16N2OS/c1-2-11-5-3-4-6-14(11)16-18(17)13-9-7-12(15)8-10-13/h3-10,16H,2,15H2,1H3. The highest BCUT2D eigenvalue weighted by atomic mass is 32.2. The highest BCUT2D eigenvalue weighted by molar-refractivity contribution is 7.86. The minimum atomic E-state index is -1.26. The molecule has 2 aromatic rings. The van der Waals surface area contributed by atoms with Crippen molar-refractivity contribution in [2.45, 2.75) is 18.2 Å². The molecule has 2 rings (SSSR count). The number of benzene rings is 2. The molecule has 0 amide bonds. The Morgan fingerprint density at radius 1 is 1.11 bits per heavy atom. The Morgan fingerprint density at radius 3 is 2.44 bits per heavy atom. The van der Waals surface area contributed by atoms with Crippen LogP contribution in [0.2, 0.25) is 0 Å². The molecule has 0 heterocycles. The number of rotatable bonds is 4. The Kier molecular flexibility index (Phi) is 3.99. The molecule has 0 spiro atoms.